The van der Waals surface area contributed by atoms with Crippen molar-refractivity contribution in [2.45, 2.75) is 40.0 Å². The van der Waals surface area contributed by atoms with Gasteiger partial charge < -0.3 is 9.52 Å². The number of allylic oxidation sites excluding steroid dienone is 1. The first kappa shape index (κ1) is 25.7. The molecular formula is C30H27ClN2O5. The molecule has 4 aromatic rings. The van der Waals surface area contributed by atoms with Crippen LogP contribution in [0.4, 0.5) is 5.69 Å². The second-order valence-corrected chi connectivity index (χ2v) is 10.8. The molecule has 1 aliphatic rings. The topological polar surface area (TPSA) is 106 Å². The van der Waals surface area contributed by atoms with Crippen molar-refractivity contribution >= 4 is 45.8 Å². The van der Waals surface area contributed by atoms with E-state index in [0.29, 0.717) is 52.1 Å². The van der Waals surface area contributed by atoms with E-state index >= 15 is 0 Å². The number of hydrogen-bond acceptors (Lipinski definition) is 5. The number of aromatic nitrogens is 1. The van der Waals surface area contributed by atoms with Gasteiger partial charge in [0, 0.05) is 16.5 Å². The molecule has 194 valence electrons. The maximum atomic E-state index is 12.5. The van der Waals surface area contributed by atoms with Crippen LogP contribution in [0.2, 0.25) is 5.02 Å². The highest BCUT2D eigenvalue weighted by Gasteiger charge is 2.36. The first-order valence-corrected chi connectivity index (χ1v) is 12.9. The Hall–Kier alpha value is -3.97. The molecule has 0 aliphatic heterocycles. The third-order valence-corrected chi connectivity index (χ3v) is 8.04. The third kappa shape index (κ3) is 4.58. The SMILES string of the molecule is CCC(C)(C)[C@H]1C/C(=C/c2ccc(-c3ccc(Cl)cc3[N+](=O)[O-])o2)c2nc3ccccc3c(C(=O)O)c2C1. The van der Waals surface area contributed by atoms with Crippen LogP contribution in [-0.2, 0) is 6.42 Å². The lowest BCUT2D eigenvalue weighted by Crippen LogP contribution is -2.30. The lowest BCUT2D eigenvalue weighted by molar-refractivity contribution is -0.384. The number of rotatable bonds is 6. The smallest absolute Gasteiger partial charge is 0.336 e. The van der Waals surface area contributed by atoms with E-state index in [0.717, 1.165) is 17.6 Å². The van der Waals surface area contributed by atoms with Crippen LogP contribution in [0.15, 0.2) is 59.0 Å². The Morgan fingerprint density at radius 3 is 2.68 bits per heavy atom. The van der Waals surface area contributed by atoms with Crippen molar-refractivity contribution in [1.82, 2.24) is 4.98 Å². The van der Waals surface area contributed by atoms with E-state index in [9.17, 15) is 20.0 Å². The van der Waals surface area contributed by atoms with Gasteiger partial charge in [-0.05, 0) is 71.7 Å². The molecule has 0 bridgehead atoms. The fraction of sp³-hybridized carbons (Fsp3) is 0.267. The van der Waals surface area contributed by atoms with E-state index in [4.69, 9.17) is 21.0 Å². The van der Waals surface area contributed by atoms with E-state index in [1.54, 1.807) is 24.3 Å². The highest BCUT2D eigenvalue weighted by atomic mass is 35.5. The van der Waals surface area contributed by atoms with Crippen LogP contribution in [0, 0.1) is 21.4 Å². The highest BCUT2D eigenvalue weighted by Crippen LogP contribution is 2.46. The lowest BCUT2D eigenvalue weighted by atomic mass is 9.67. The molecule has 0 spiro atoms. The zero-order valence-corrected chi connectivity index (χ0v) is 22.1. The van der Waals surface area contributed by atoms with Crippen molar-refractivity contribution in [2.75, 3.05) is 0 Å². The van der Waals surface area contributed by atoms with Gasteiger partial charge in [-0.1, -0.05) is 57.0 Å². The Morgan fingerprint density at radius 1 is 1.21 bits per heavy atom. The summed E-state index contributed by atoms with van der Waals surface area (Å²) in [5.74, 6) is 0.0787. The van der Waals surface area contributed by atoms with E-state index < -0.39 is 10.9 Å². The van der Waals surface area contributed by atoms with E-state index in [2.05, 4.69) is 20.8 Å². The van der Waals surface area contributed by atoms with Gasteiger partial charge >= 0.3 is 5.97 Å². The van der Waals surface area contributed by atoms with Gasteiger partial charge in [0.1, 0.15) is 11.5 Å². The Labute approximate surface area is 224 Å². The normalized spacial score (nSPS) is 16.5. The maximum Gasteiger partial charge on any atom is 0.336 e. The van der Waals surface area contributed by atoms with Gasteiger partial charge in [0.2, 0.25) is 0 Å². The highest BCUT2D eigenvalue weighted by molar-refractivity contribution is 6.30. The number of para-hydroxylation sites is 1. The molecule has 0 amide bonds. The molecule has 1 aliphatic carbocycles. The van der Waals surface area contributed by atoms with Crippen molar-refractivity contribution in [2.24, 2.45) is 11.3 Å². The predicted octanol–water partition coefficient (Wildman–Crippen LogP) is 8.29. The minimum absolute atomic E-state index is 0.0313. The van der Waals surface area contributed by atoms with Crippen LogP contribution in [-0.4, -0.2) is 21.0 Å². The average molecular weight is 531 g/mol. The summed E-state index contributed by atoms with van der Waals surface area (Å²) in [5, 5.41) is 22.7. The quantitative estimate of drug-likeness (QED) is 0.198. The number of aromatic carboxylic acids is 1. The van der Waals surface area contributed by atoms with Crippen molar-refractivity contribution in [3.05, 3.63) is 92.3 Å². The van der Waals surface area contributed by atoms with Crippen molar-refractivity contribution in [3.8, 4) is 11.3 Å². The predicted molar refractivity (Wildman–Crippen MR) is 148 cm³/mol. The number of nitro benzene ring substituents is 1. The summed E-state index contributed by atoms with van der Waals surface area (Å²) in [6, 6.07) is 15.2. The first-order chi connectivity index (χ1) is 18.1. The van der Waals surface area contributed by atoms with Crippen LogP contribution >= 0.6 is 11.6 Å². The van der Waals surface area contributed by atoms with Gasteiger partial charge in [0.25, 0.3) is 5.69 Å². The van der Waals surface area contributed by atoms with Crippen LogP contribution < -0.4 is 0 Å². The number of carbonyl (C=O) groups is 1. The number of furan rings is 1. The number of nitro groups is 1. The molecule has 0 unspecified atom stereocenters. The Balaban J connectivity index is 1.68. The number of pyridine rings is 1. The zero-order chi connectivity index (χ0) is 27.2. The van der Waals surface area contributed by atoms with Gasteiger partial charge in [-0.25, -0.2) is 9.78 Å². The average Bonchev–Trinajstić information content (AvgIpc) is 3.35. The third-order valence-electron chi connectivity index (χ3n) is 7.81. The number of carboxylic acid groups (broad SMARTS) is 1. The summed E-state index contributed by atoms with van der Waals surface area (Å²) < 4.78 is 6.06. The molecule has 1 atom stereocenters. The number of halogens is 1. The molecule has 0 fully saturated rings. The molecule has 2 heterocycles. The lowest BCUT2D eigenvalue weighted by Gasteiger charge is -2.38. The molecule has 1 N–H and O–H groups in total. The minimum Gasteiger partial charge on any atom is -0.478 e. The summed E-state index contributed by atoms with van der Waals surface area (Å²) in [4.78, 5) is 28.5. The maximum absolute atomic E-state index is 12.5. The molecule has 7 nitrogen and oxygen atoms in total. The largest absolute Gasteiger partial charge is 0.478 e. The fourth-order valence-electron chi connectivity index (χ4n) is 5.22. The first-order valence-electron chi connectivity index (χ1n) is 12.5. The Kier molecular flexibility index (Phi) is 6.57. The van der Waals surface area contributed by atoms with Crippen LogP contribution in [0.1, 0.15) is 61.0 Å². The number of fused-ring (bicyclic) bond motifs is 2. The summed E-state index contributed by atoms with van der Waals surface area (Å²) >= 11 is 5.98. The summed E-state index contributed by atoms with van der Waals surface area (Å²) in [6.45, 7) is 6.56. The number of carboxylic acids is 1. The molecule has 38 heavy (non-hydrogen) atoms. The van der Waals surface area contributed by atoms with Crippen LogP contribution in [0.5, 0.6) is 0 Å². The van der Waals surface area contributed by atoms with E-state index in [1.807, 2.05) is 30.3 Å². The van der Waals surface area contributed by atoms with Crippen molar-refractivity contribution < 1.29 is 19.2 Å². The monoisotopic (exact) mass is 530 g/mol. The molecular weight excluding hydrogens is 504 g/mol. The molecule has 2 aromatic carbocycles. The second-order valence-electron chi connectivity index (χ2n) is 10.4. The van der Waals surface area contributed by atoms with Crippen LogP contribution in [0.25, 0.3) is 33.9 Å². The fourth-order valence-corrected chi connectivity index (χ4v) is 5.39. The molecule has 2 aromatic heterocycles. The van der Waals surface area contributed by atoms with Gasteiger partial charge in [-0.15, -0.1) is 0 Å². The standard InChI is InChI=1S/C30H27ClN2O5/c1-4-30(2,3)18-13-17(28-23(15-18)27(29(34)35)21-7-5-6-8-24(21)32-28)14-20-10-12-26(38-20)22-11-9-19(31)16-25(22)33(36)37/h5-12,14,16,18H,4,13,15H2,1-3H3,(H,34,35)/b17-14-/t18-/m0/s1. The van der Waals surface area contributed by atoms with Gasteiger partial charge in [0.15, 0.2) is 0 Å². The summed E-state index contributed by atoms with van der Waals surface area (Å²) in [6.07, 6.45) is 4.15. The summed E-state index contributed by atoms with van der Waals surface area (Å²) in [5.41, 5.74) is 3.37. The Morgan fingerprint density at radius 2 is 1.97 bits per heavy atom. The molecule has 5 rings (SSSR count). The number of benzene rings is 2. The number of hydrogen-bond donors (Lipinski definition) is 1. The summed E-state index contributed by atoms with van der Waals surface area (Å²) in [7, 11) is 0. The second kappa shape index (κ2) is 9.72. The van der Waals surface area contributed by atoms with Crippen LogP contribution in [0.3, 0.4) is 0 Å². The molecule has 0 radical (unpaired) electrons. The Bertz CT molecular complexity index is 1620. The minimum atomic E-state index is -0.968. The van der Waals surface area contributed by atoms with E-state index in [-0.39, 0.29) is 22.0 Å². The van der Waals surface area contributed by atoms with E-state index in [1.165, 1.54) is 6.07 Å². The molecule has 0 saturated heterocycles. The van der Waals surface area contributed by atoms with Crippen molar-refractivity contribution in [1.29, 1.82) is 0 Å². The van der Waals surface area contributed by atoms with Gasteiger partial charge in [-0.2, -0.15) is 0 Å². The van der Waals surface area contributed by atoms with Gasteiger partial charge in [-0.3, -0.25) is 10.1 Å². The molecule has 8 heteroatoms. The van der Waals surface area contributed by atoms with Gasteiger partial charge in [0.05, 0.1) is 27.3 Å². The number of nitrogens with zero attached hydrogens (tertiary/aromatic N) is 2. The van der Waals surface area contributed by atoms with Crippen molar-refractivity contribution in [3.63, 3.8) is 0 Å². The molecule has 0 saturated carbocycles. The zero-order valence-electron chi connectivity index (χ0n) is 21.3.